The number of carbonyl (C=O) groups excluding carboxylic acids is 1. The van der Waals surface area contributed by atoms with Crippen molar-refractivity contribution in [2.24, 2.45) is 5.14 Å². The minimum atomic E-state index is -3.91. The molecule has 1 atom stereocenters. The molecule has 0 saturated heterocycles. The van der Waals surface area contributed by atoms with E-state index in [1.807, 2.05) is 0 Å². The Labute approximate surface area is 188 Å². The van der Waals surface area contributed by atoms with Crippen LogP contribution in [0.4, 0.5) is 5.69 Å². The van der Waals surface area contributed by atoms with Crippen molar-refractivity contribution in [1.82, 2.24) is 5.32 Å². The molecule has 1 fully saturated rings. The lowest BCUT2D eigenvalue weighted by Crippen LogP contribution is -2.43. The first-order valence-electron chi connectivity index (χ1n) is 10.3. The highest BCUT2D eigenvalue weighted by atomic mass is 32.2. The Morgan fingerprint density at radius 3 is 2.06 bits per heavy atom. The molecule has 0 heterocycles. The smallest absolute Gasteiger partial charge is 0.261 e. The molecule has 0 spiro atoms. The lowest BCUT2D eigenvalue weighted by atomic mass is 9.95. The van der Waals surface area contributed by atoms with Crippen molar-refractivity contribution >= 4 is 31.6 Å². The van der Waals surface area contributed by atoms with Crippen LogP contribution >= 0.6 is 0 Å². The topological polar surface area (TPSA) is 145 Å². The molecule has 2 aromatic carbocycles. The summed E-state index contributed by atoms with van der Waals surface area (Å²) in [6.07, 6.45) is 4.66. The molecule has 0 radical (unpaired) electrons. The number of primary sulfonamides is 1. The lowest BCUT2D eigenvalue weighted by molar-refractivity contribution is -0.128. The zero-order valence-electron chi connectivity index (χ0n) is 17.7. The van der Waals surface area contributed by atoms with E-state index in [1.165, 1.54) is 55.0 Å². The Morgan fingerprint density at radius 1 is 0.938 bits per heavy atom. The summed E-state index contributed by atoms with van der Waals surface area (Å²) in [5, 5.41) is 8.04. The molecule has 0 aromatic heterocycles. The molecule has 11 heteroatoms. The standard InChI is InChI=1S/C21H27N3O6S2/c1-15(21(25)23-16-5-3-2-4-6-16)30-18-9-13-20(14-10-18)32(28,29)24-17-7-11-19(12-8-17)31(22,26)27/h7-16,24H,2-6H2,1H3,(H,23,25)(H2,22,26,27)/t15-/m1/s1. The van der Waals surface area contributed by atoms with E-state index >= 15 is 0 Å². The van der Waals surface area contributed by atoms with Gasteiger partial charge in [0.05, 0.1) is 9.79 Å². The summed E-state index contributed by atoms with van der Waals surface area (Å²) in [7, 11) is -7.77. The number of carbonyl (C=O) groups is 1. The number of amides is 1. The number of nitrogens with two attached hydrogens (primary N) is 1. The third-order valence-electron chi connectivity index (χ3n) is 5.20. The van der Waals surface area contributed by atoms with E-state index in [0.29, 0.717) is 5.75 Å². The first-order valence-corrected chi connectivity index (χ1v) is 13.3. The fourth-order valence-corrected chi connectivity index (χ4v) is 5.02. The van der Waals surface area contributed by atoms with Gasteiger partial charge in [-0.15, -0.1) is 0 Å². The number of nitrogens with one attached hydrogen (secondary N) is 2. The van der Waals surface area contributed by atoms with Crippen LogP contribution in [0.25, 0.3) is 0 Å². The second-order valence-electron chi connectivity index (χ2n) is 7.75. The SMILES string of the molecule is C[C@@H](Oc1ccc(S(=O)(=O)Nc2ccc(S(N)(=O)=O)cc2)cc1)C(=O)NC1CCCCC1. The van der Waals surface area contributed by atoms with E-state index in [-0.39, 0.29) is 27.4 Å². The molecule has 3 rings (SSSR count). The molecule has 174 valence electrons. The molecule has 1 aliphatic rings. The van der Waals surface area contributed by atoms with Gasteiger partial charge in [-0.3, -0.25) is 9.52 Å². The number of ether oxygens (including phenoxy) is 1. The quantitative estimate of drug-likeness (QED) is 0.528. The first-order chi connectivity index (χ1) is 15.0. The van der Waals surface area contributed by atoms with Crippen LogP contribution in [0.15, 0.2) is 58.3 Å². The average Bonchev–Trinajstić information content (AvgIpc) is 2.74. The third kappa shape index (κ3) is 6.44. The van der Waals surface area contributed by atoms with Gasteiger partial charge >= 0.3 is 0 Å². The van der Waals surface area contributed by atoms with Crippen molar-refractivity contribution in [2.75, 3.05) is 4.72 Å². The molecule has 0 aliphatic heterocycles. The Balaban J connectivity index is 1.60. The highest BCUT2D eigenvalue weighted by Gasteiger charge is 2.21. The Kier molecular flexibility index (Phi) is 7.42. The van der Waals surface area contributed by atoms with Crippen LogP contribution in [-0.2, 0) is 24.8 Å². The summed E-state index contributed by atoms with van der Waals surface area (Å²) in [5.41, 5.74) is 0.186. The highest BCUT2D eigenvalue weighted by molar-refractivity contribution is 7.92. The zero-order chi connectivity index (χ0) is 23.4. The van der Waals surface area contributed by atoms with Crippen molar-refractivity contribution in [3.8, 4) is 5.75 Å². The van der Waals surface area contributed by atoms with Gasteiger partial charge in [0.2, 0.25) is 10.0 Å². The van der Waals surface area contributed by atoms with Crippen LogP contribution in [0.5, 0.6) is 5.75 Å². The second-order valence-corrected chi connectivity index (χ2v) is 11.0. The van der Waals surface area contributed by atoms with Crippen molar-refractivity contribution < 1.29 is 26.4 Å². The molecule has 1 saturated carbocycles. The third-order valence-corrected chi connectivity index (χ3v) is 7.53. The number of sulfonamides is 2. The fraction of sp³-hybridized carbons (Fsp3) is 0.381. The van der Waals surface area contributed by atoms with Gasteiger partial charge in [-0.05, 0) is 68.3 Å². The van der Waals surface area contributed by atoms with E-state index in [0.717, 1.165) is 25.7 Å². The zero-order valence-corrected chi connectivity index (χ0v) is 19.3. The van der Waals surface area contributed by atoms with Gasteiger partial charge in [0.1, 0.15) is 5.75 Å². The van der Waals surface area contributed by atoms with Crippen LogP contribution < -0.4 is 19.9 Å². The molecule has 9 nitrogen and oxygen atoms in total. The van der Waals surface area contributed by atoms with Gasteiger partial charge in [-0.1, -0.05) is 19.3 Å². The van der Waals surface area contributed by atoms with Crippen LogP contribution in [0.1, 0.15) is 39.0 Å². The molecule has 1 aliphatic carbocycles. The average molecular weight is 482 g/mol. The van der Waals surface area contributed by atoms with Crippen LogP contribution in [0.2, 0.25) is 0 Å². The maximum absolute atomic E-state index is 12.6. The second kappa shape index (κ2) is 9.88. The van der Waals surface area contributed by atoms with Gasteiger partial charge in [-0.2, -0.15) is 0 Å². The maximum Gasteiger partial charge on any atom is 0.261 e. The number of rotatable bonds is 8. The van der Waals surface area contributed by atoms with Gasteiger partial charge in [0.15, 0.2) is 6.10 Å². The van der Waals surface area contributed by atoms with Crippen molar-refractivity contribution in [3.05, 3.63) is 48.5 Å². The van der Waals surface area contributed by atoms with Crippen molar-refractivity contribution in [3.63, 3.8) is 0 Å². The van der Waals surface area contributed by atoms with Crippen LogP contribution in [-0.4, -0.2) is 34.9 Å². The van der Waals surface area contributed by atoms with E-state index in [4.69, 9.17) is 9.88 Å². The number of benzene rings is 2. The van der Waals surface area contributed by atoms with Gasteiger partial charge in [0, 0.05) is 11.7 Å². The molecular weight excluding hydrogens is 454 g/mol. The van der Waals surface area contributed by atoms with E-state index in [9.17, 15) is 21.6 Å². The van der Waals surface area contributed by atoms with Gasteiger partial charge in [0.25, 0.3) is 15.9 Å². The minimum absolute atomic E-state index is 0.0142. The minimum Gasteiger partial charge on any atom is -0.481 e. The summed E-state index contributed by atoms with van der Waals surface area (Å²) in [5.74, 6) is 0.172. The summed E-state index contributed by atoms with van der Waals surface area (Å²) in [6.45, 7) is 1.65. The molecule has 2 aromatic rings. The predicted octanol–water partition coefficient (Wildman–Crippen LogP) is 2.35. The molecular formula is C21H27N3O6S2. The molecule has 32 heavy (non-hydrogen) atoms. The Bertz CT molecular complexity index is 1140. The van der Waals surface area contributed by atoms with Crippen LogP contribution in [0, 0.1) is 0 Å². The fourth-order valence-electron chi connectivity index (χ4n) is 3.45. The largest absolute Gasteiger partial charge is 0.481 e. The first kappa shape index (κ1) is 24.0. The maximum atomic E-state index is 12.6. The number of hydrogen-bond acceptors (Lipinski definition) is 6. The monoisotopic (exact) mass is 481 g/mol. The molecule has 0 bridgehead atoms. The van der Waals surface area contributed by atoms with Gasteiger partial charge < -0.3 is 10.1 Å². The van der Waals surface area contributed by atoms with E-state index < -0.39 is 26.2 Å². The van der Waals surface area contributed by atoms with E-state index in [1.54, 1.807) is 6.92 Å². The predicted molar refractivity (Wildman–Crippen MR) is 120 cm³/mol. The number of anilines is 1. The highest BCUT2D eigenvalue weighted by Crippen LogP contribution is 2.22. The molecule has 1 amide bonds. The van der Waals surface area contributed by atoms with Gasteiger partial charge in [-0.25, -0.2) is 22.0 Å². The van der Waals surface area contributed by atoms with Crippen molar-refractivity contribution in [2.45, 2.75) is 61.0 Å². The molecule has 4 N–H and O–H groups in total. The summed E-state index contributed by atoms with van der Waals surface area (Å²) in [4.78, 5) is 12.2. The normalized spacial score (nSPS) is 16.2. The van der Waals surface area contributed by atoms with Crippen LogP contribution in [0.3, 0.4) is 0 Å². The molecule has 0 unspecified atom stereocenters. The Hall–Kier alpha value is -2.63. The number of hydrogen-bond donors (Lipinski definition) is 3. The summed E-state index contributed by atoms with van der Waals surface area (Å²) < 4.78 is 55.8. The van der Waals surface area contributed by atoms with Crippen molar-refractivity contribution in [1.29, 1.82) is 0 Å². The summed E-state index contributed by atoms with van der Waals surface area (Å²) >= 11 is 0. The Morgan fingerprint density at radius 2 is 1.50 bits per heavy atom. The summed E-state index contributed by atoms with van der Waals surface area (Å²) in [6, 6.07) is 10.9. The van der Waals surface area contributed by atoms with E-state index in [2.05, 4.69) is 10.0 Å². The lowest BCUT2D eigenvalue weighted by Gasteiger charge is -2.24.